The van der Waals surface area contributed by atoms with E-state index in [0.29, 0.717) is 22.8 Å². The fourth-order valence-corrected chi connectivity index (χ4v) is 4.94. The van der Waals surface area contributed by atoms with E-state index in [-0.39, 0.29) is 22.6 Å². The second-order valence-electron chi connectivity index (χ2n) is 9.03. The number of carbonyl (C=O) groups excluding carboxylic acids is 2. The first-order valence-electron chi connectivity index (χ1n) is 10.9. The van der Waals surface area contributed by atoms with E-state index in [1.165, 1.54) is 5.56 Å². The molecule has 0 spiro atoms. The van der Waals surface area contributed by atoms with Crippen molar-refractivity contribution in [3.8, 4) is 5.75 Å². The molecule has 4 rings (SSSR count). The van der Waals surface area contributed by atoms with Crippen LogP contribution in [0.2, 0.25) is 0 Å². The van der Waals surface area contributed by atoms with Gasteiger partial charge in [-0.1, -0.05) is 51.1 Å². The maximum Gasteiger partial charge on any atom is 0.255 e. The lowest BCUT2D eigenvalue weighted by atomic mass is 9.87. The van der Waals surface area contributed by atoms with Gasteiger partial charge < -0.3 is 10.1 Å². The zero-order valence-corrected chi connectivity index (χ0v) is 20.1. The van der Waals surface area contributed by atoms with Gasteiger partial charge in [0.05, 0.1) is 12.9 Å². The molecule has 3 aromatic rings. The minimum atomic E-state index is -0.147. The van der Waals surface area contributed by atoms with Crippen LogP contribution in [0, 0.1) is 0 Å². The molecule has 0 bridgehead atoms. The standard InChI is InChI=1S/C27H28N2O3S/c1-27(2,3)20-12-8-18(9-13-20)25(31)28-21-14-10-19(11-15-21)26-29(24(30)17-33-26)22-6-5-7-23(16-22)32-4/h5-16,26H,17H2,1-4H3,(H,28,31). The molecule has 6 heteroatoms. The van der Waals surface area contributed by atoms with E-state index in [9.17, 15) is 9.59 Å². The van der Waals surface area contributed by atoms with Gasteiger partial charge in [-0.05, 0) is 52.9 Å². The van der Waals surface area contributed by atoms with Crippen molar-refractivity contribution >= 4 is 35.0 Å². The van der Waals surface area contributed by atoms with Gasteiger partial charge in [0.15, 0.2) is 0 Å². The second kappa shape index (κ2) is 9.32. The molecule has 0 aromatic heterocycles. The fourth-order valence-electron chi connectivity index (χ4n) is 3.77. The van der Waals surface area contributed by atoms with Gasteiger partial charge in [-0.15, -0.1) is 11.8 Å². The van der Waals surface area contributed by atoms with E-state index in [1.807, 2.05) is 72.8 Å². The van der Waals surface area contributed by atoms with Crippen molar-refractivity contribution in [2.24, 2.45) is 0 Å². The summed E-state index contributed by atoms with van der Waals surface area (Å²) < 4.78 is 5.32. The molecule has 1 N–H and O–H groups in total. The molecule has 5 nitrogen and oxygen atoms in total. The van der Waals surface area contributed by atoms with Crippen molar-refractivity contribution in [2.75, 3.05) is 23.1 Å². The third-order valence-electron chi connectivity index (χ3n) is 5.67. The minimum Gasteiger partial charge on any atom is -0.497 e. The van der Waals surface area contributed by atoms with Crippen molar-refractivity contribution in [1.82, 2.24) is 0 Å². The van der Waals surface area contributed by atoms with Gasteiger partial charge in [-0.25, -0.2) is 0 Å². The molecule has 3 aromatic carbocycles. The summed E-state index contributed by atoms with van der Waals surface area (Å²) in [5, 5.41) is 2.83. The van der Waals surface area contributed by atoms with E-state index >= 15 is 0 Å². The van der Waals surface area contributed by atoms with Crippen LogP contribution in [-0.2, 0) is 10.2 Å². The first kappa shape index (κ1) is 22.9. The zero-order valence-electron chi connectivity index (χ0n) is 19.3. The number of anilines is 2. The Morgan fingerprint density at radius 1 is 1.03 bits per heavy atom. The molecule has 1 atom stereocenters. The predicted molar refractivity (Wildman–Crippen MR) is 135 cm³/mol. The molecule has 33 heavy (non-hydrogen) atoms. The van der Waals surface area contributed by atoms with Crippen molar-refractivity contribution < 1.29 is 14.3 Å². The Bertz CT molecular complexity index is 1150. The number of rotatable bonds is 5. The van der Waals surface area contributed by atoms with E-state index < -0.39 is 0 Å². The summed E-state index contributed by atoms with van der Waals surface area (Å²) in [6.07, 6.45) is 0. The highest BCUT2D eigenvalue weighted by Crippen LogP contribution is 2.42. The summed E-state index contributed by atoms with van der Waals surface area (Å²) in [5.41, 5.74) is 4.38. The topological polar surface area (TPSA) is 58.6 Å². The molecule has 0 aliphatic carbocycles. The number of amides is 2. The molecule has 170 valence electrons. The molecule has 1 aliphatic rings. The molecular formula is C27H28N2O3S. The lowest BCUT2D eigenvalue weighted by molar-refractivity contribution is -0.115. The molecule has 1 unspecified atom stereocenters. The molecule has 1 saturated heterocycles. The van der Waals surface area contributed by atoms with Crippen LogP contribution >= 0.6 is 11.8 Å². The first-order chi connectivity index (χ1) is 15.8. The molecule has 2 amide bonds. The molecular weight excluding hydrogens is 432 g/mol. The lowest BCUT2D eigenvalue weighted by Gasteiger charge is -2.25. The third kappa shape index (κ3) is 5.06. The molecule has 1 heterocycles. The normalized spacial score (nSPS) is 16.1. The van der Waals surface area contributed by atoms with Gasteiger partial charge in [0.25, 0.3) is 5.91 Å². The second-order valence-corrected chi connectivity index (χ2v) is 10.1. The quantitative estimate of drug-likeness (QED) is 0.506. The summed E-state index contributed by atoms with van der Waals surface area (Å²) in [6, 6.07) is 22.9. The van der Waals surface area contributed by atoms with Gasteiger partial charge in [0.2, 0.25) is 5.91 Å². The summed E-state index contributed by atoms with van der Waals surface area (Å²) in [6.45, 7) is 6.44. The Morgan fingerprint density at radius 3 is 2.36 bits per heavy atom. The molecule has 0 radical (unpaired) electrons. The highest BCUT2D eigenvalue weighted by Gasteiger charge is 2.34. The summed E-state index contributed by atoms with van der Waals surface area (Å²) in [7, 11) is 1.61. The number of nitrogens with zero attached hydrogens (tertiary/aromatic N) is 1. The van der Waals surface area contributed by atoms with Gasteiger partial charge >= 0.3 is 0 Å². The number of ether oxygens (including phenoxy) is 1. The van der Waals surface area contributed by atoms with Crippen LogP contribution in [0.1, 0.15) is 47.6 Å². The maximum atomic E-state index is 12.7. The van der Waals surface area contributed by atoms with Gasteiger partial charge in [0.1, 0.15) is 11.1 Å². The van der Waals surface area contributed by atoms with Crippen LogP contribution < -0.4 is 15.0 Å². The Kier molecular flexibility index (Phi) is 6.47. The van der Waals surface area contributed by atoms with Crippen molar-refractivity contribution in [1.29, 1.82) is 0 Å². The summed E-state index contributed by atoms with van der Waals surface area (Å²) in [4.78, 5) is 27.1. The predicted octanol–water partition coefficient (Wildman–Crippen LogP) is 6.02. The van der Waals surface area contributed by atoms with Crippen LogP contribution in [-0.4, -0.2) is 24.7 Å². The number of nitrogens with one attached hydrogen (secondary N) is 1. The van der Waals surface area contributed by atoms with Crippen LogP contribution in [0.5, 0.6) is 5.75 Å². The average molecular weight is 461 g/mol. The fraction of sp³-hybridized carbons (Fsp3) is 0.259. The minimum absolute atomic E-state index is 0.0449. The summed E-state index contributed by atoms with van der Waals surface area (Å²) >= 11 is 1.59. The van der Waals surface area contributed by atoms with Crippen LogP contribution in [0.3, 0.4) is 0 Å². The SMILES string of the molecule is COc1cccc(N2C(=O)CSC2c2ccc(NC(=O)c3ccc(C(C)(C)C)cc3)cc2)c1. The van der Waals surface area contributed by atoms with Crippen LogP contribution in [0.25, 0.3) is 0 Å². The molecule has 0 saturated carbocycles. The highest BCUT2D eigenvalue weighted by molar-refractivity contribution is 8.00. The Labute approximate surface area is 199 Å². The zero-order chi connectivity index (χ0) is 23.6. The van der Waals surface area contributed by atoms with Crippen LogP contribution in [0.4, 0.5) is 11.4 Å². The third-order valence-corrected chi connectivity index (χ3v) is 6.88. The van der Waals surface area contributed by atoms with E-state index in [4.69, 9.17) is 4.74 Å². The first-order valence-corrected chi connectivity index (χ1v) is 11.9. The van der Waals surface area contributed by atoms with Gasteiger partial charge in [0, 0.05) is 23.0 Å². The van der Waals surface area contributed by atoms with Crippen molar-refractivity contribution in [3.63, 3.8) is 0 Å². The Morgan fingerprint density at radius 2 is 1.73 bits per heavy atom. The number of thioether (sulfide) groups is 1. The number of carbonyl (C=O) groups is 2. The highest BCUT2D eigenvalue weighted by atomic mass is 32.2. The number of hydrogen-bond acceptors (Lipinski definition) is 4. The van der Waals surface area contributed by atoms with Gasteiger partial charge in [-0.2, -0.15) is 0 Å². The number of benzene rings is 3. The maximum absolute atomic E-state index is 12.7. The largest absolute Gasteiger partial charge is 0.497 e. The van der Waals surface area contributed by atoms with E-state index in [0.717, 1.165) is 11.3 Å². The van der Waals surface area contributed by atoms with E-state index in [1.54, 1.807) is 23.8 Å². The average Bonchev–Trinajstić information content (AvgIpc) is 3.20. The Hall–Kier alpha value is -3.25. The van der Waals surface area contributed by atoms with Crippen LogP contribution in [0.15, 0.2) is 72.8 Å². The van der Waals surface area contributed by atoms with Crippen molar-refractivity contribution in [2.45, 2.75) is 31.6 Å². The number of methoxy groups -OCH3 is 1. The summed E-state index contributed by atoms with van der Waals surface area (Å²) in [5.74, 6) is 1.05. The monoisotopic (exact) mass is 460 g/mol. The number of hydrogen-bond donors (Lipinski definition) is 1. The molecule has 1 fully saturated rings. The van der Waals surface area contributed by atoms with Gasteiger partial charge in [-0.3, -0.25) is 14.5 Å². The smallest absolute Gasteiger partial charge is 0.255 e. The lowest BCUT2D eigenvalue weighted by Crippen LogP contribution is -2.27. The van der Waals surface area contributed by atoms with E-state index in [2.05, 4.69) is 26.1 Å². The van der Waals surface area contributed by atoms with Crippen molar-refractivity contribution in [3.05, 3.63) is 89.5 Å². The Balaban J connectivity index is 1.48. The molecule has 1 aliphatic heterocycles.